The molecular formula is C13H18FNO3. The van der Waals surface area contributed by atoms with E-state index >= 15 is 0 Å². The van der Waals surface area contributed by atoms with Crippen molar-refractivity contribution in [1.29, 1.82) is 0 Å². The number of nitrogens with one attached hydrogen (secondary N) is 1. The van der Waals surface area contributed by atoms with Gasteiger partial charge in [0, 0.05) is 11.3 Å². The molecule has 0 heterocycles. The molecule has 0 fully saturated rings. The second kappa shape index (κ2) is 5.35. The average Bonchev–Trinajstić information content (AvgIpc) is 2.17. The maximum atomic E-state index is 13.3. The summed E-state index contributed by atoms with van der Waals surface area (Å²) in [6.45, 7) is 6.70. The quantitative estimate of drug-likeness (QED) is 0.853. The molecule has 2 N–H and O–H groups in total. The van der Waals surface area contributed by atoms with Crippen molar-refractivity contribution in [3.8, 4) is 0 Å². The van der Waals surface area contributed by atoms with E-state index in [1.165, 1.54) is 25.1 Å². The highest BCUT2D eigenvalue weighted by Crippen LogP contribution is 2.21. The predicted octanol–water partition coefficient (Wildman–Crippen LogP) is 3.23. The van der Waals surface area contributed by atoms with Crippen LogP contribution in [0.2, 0.25) is 0 Å². The maximum absolute atomic E-state index is 13.3. The van der Waals surface area contributed by atoms with Gasteiger partial charge >= 0.3 is 6.09 Å². The first kappa shape index (κ1) is 14.4. The van der Waals surface area contributed by atoms with Crippen LogP contribution in [0.25, 0.3) is 0 Å². The smallest absolute Gasteiger partial charge is 0.412 e. The highest BCUT2D eigenvalue weighted by atomic mass is 19.1. The van der Waals surface area contributed by atoms with E-state index in [0.717, 1.165) is 0 Å². The maximum Gasteiger partial charge on any atom is 0.412 e. The molecule has 0 aliphatic heterocycles. The molecule has 0 aliphatic rings. The van der Waals surface area contributed by atoms with Gasteiger partial charge in [0.1, 0.15) is 11.4 Å². The van der Waals surface area contributed by atoms with Crippen molar-refractivity contribution in [2.45, 2.75) is 39.4 Å². The Bertz CT molecular complexity index is 438. The summed E-state index contributed by atoms with van der Waals surface area (Å²) >= 11 is 0. The topological polar surface area (TPSA) is 58.6 Å². The van der Waals surface area contributed by atoms with Gasteiger partial charge in [0.2, 0.25) is 0 Å². The molecule has 18 heavy (non-hydrogen) atoms. The summed E-state index contributed by atoms with van der Waals surface area (Å²) in [5.74, 6) is -0.514. The molecule has 0 bridgehead atoms. The van der Waals surface area contributed by atoms with Crippen molar-refractivity contribution in [2.75, 3.05) is 5.32 Å². The standard InChI is InChI=1S/C13H18FNO3/c1-8(16)10-7-9(5-6-11(10)14)15-12(17)18-13(2,3)4/h5-8,16H,1-4H3,(H,15,17). The van der Waals surface area contributed by atoms with Gasteiger partial charge in [-0.15, -0.1) is 0 Å². The second-order valence-electron chi connectivity index (χ2n) is 5.04. The Hall–Kier alpha value is -1.62. The molecule has 1 unspecified atom stereocenters. The second-order valence-corrected chi connectivity index (χ2v) is 5.04. The van der Waals surface area contributed by atoms with Crippen LogP contribution >= 0.6 is 0 Å². The van der Waals surface area contributed by atoms with Crippen LogP contribution in [0.15, 0.2) is 18.2 Å². The lowest BCUT2D eigenvalue weighted by Gasteiger charge is -2.20. The number of halogens is 1. The largest absolute Gasteiger partial charge is 0.444 e. The van der Waals surface area contributed by atoms with E-state index < -0.39 is 23.6 Å². The van der Waals surface area contributed by atoms with Gasteiger partial charge in [-0.3, -0.25) is 5.32 Å². The first-order chi connectivity index (χ1) is 8.19. The summed E-state index contributed by atoms with van der Waals surface area (Å²) in [6, 6.07) is 3.98. The molecule has 1 aromatic rings. The van der Waals surface area contributed by atoms with Gasteiger partial charge < -0.3 is 9.84 Å². The molecule has 0 aliphatic carbocycles. The zero-order valence-electron chi connectivity index (χ0n) is 11.0. The SMILES string of the molecule is CC(O)c1cc(NC(=O)OC(C)(C)C)ccc1F. The molecule has 1 aromatic carbocycles. The summed E-state index contributed by atoms with van der Waals surface area (Å²) in [5.41, 5.74) is -0.0953. The van der Waals surface area contributed by atoms with Crippen molar-refractivity contribution in [3.05, 3.63) is 29.6 Å². The number of aliphatic hydroxyl groups excluding tert-OH is 1. The lowest BCUT2D eigenvalue weighted by atomic mass is 10.1. The van der Waals surface area contributed by atoms with Crippen molar-refractivity contribution in [1.82, 2.24) is 0 Å². The number of carbonyl (C=O) groups excluding carboxylic acids is 1. The van der Waals surface area contributed by atoms with Crippen LogP contribution < -0.4 is 5.32 Å². The van der Waals surface area contributed by atoms with Crippen molar-refractivity contribution >= 4 is 11.8 Å². The third-order valence-corrected chi connectivity index (χ3v) is 2.09. The van der Waals surface area contributed by atoms with Gasteiger partial charge in [0.25, 0.3) is 0 Å². The number of benzene rings is 1. The number of hydrogen-bond donors (Lipinski definition) is 2. The summed E-state index contributed by atoms with van der Waals surface area (Å²) in [4.78, 5) is 11.5. The minimum Gasteiger partial charge on any atom is -0.444 e. The Morgan fingerprint density at radius 2 is 2.06 bits per heavy atom. The van der Waals surface area contributed by atoms with Gasteiger partial charge in [0.05, 0.1) is 6.10 Å². The molecular weight excluding hydrogens is 237 g/mol. The minimum atomic E-state index is -0.939. The molecule has 0 spiro atoms. The summed E-state index contributed by atoms with van der Waals surface area (Å²) in [5, 5.41) is 11.8. The lowest BCUT2D eigenvalue weighted by Crippen LogP contribution is -2.27. The summed E-state index contributed by atoms with van der Waals surface area (Å²) in [7, 11) is 0. The number of rotatable bonds is 2. The number of amides is 1. The zero-order chi connectivity index (χ0) is 13.9. The van der Waals surface area contributed by atoms with Crippen LogP contribution in [0, 0.1) is 5.82 Å². The fraction of sp³-hybridized carbons (Fsp3) is 0.462. The van der Waals surface area contributed by atoms with Crippen LogP contribution in [0.5, 0.6) is 0 Å². The molecule has 100 valence electrons. The predicted molar refractivity (Wildman–Crippen MR) is 66.9 cm³/mol. The fourth-order valence-corrected chi connectivity index (χ4v) is 1.36. The van der Waals surface area contributed by atoms with E-state index in [1.807, 2.05) is 0 Å². The summed E-state index contributed by atoms with van der Waals surface area (Å²) in [6.07, 6.45) is -1.56. The molecule has 0 saturated heterocycles. The van der Waals surface area contributed by atoms with Crippen molar-refractivity contribution in [3.63, 3.8) is 0 Å². The Kier molecular flexibility index (Phi) is 4.29. The highest BCUT2D eigenvalue weighted by molar-refractivity contribution is 5.84. The molecule has 5 heteroatoms. The number of anilines is 1. The summed E-state index contributed by atoms with van der Waals surface area (Å²) < 4.78 is 18.4. The van der Waals surface area contributed by atoms with Crippen LogP contribution in [0.4, 0.5) is 14.9 Å². The number of hydrogen-bond acceptors (Lipinski definition) is 3. The minimum absolute atomic E-state index is 0.128. The number of aliphatic hydroxyl groups is 1. The highest BCUT2D eigenvalue weighted by Gasteiger charge is 2.17. The third-order valence-electron chi connectivity index (χ3n) is 2.09. The monoisotopic (exact) mass is 255 g/mol. The van der Waals surface area contributed by atoms with Crippen LogP contribution in [0.3, 0.4) is 0 Å². The average molecular weight is 255 g/mol. The van der Waals surface area contributed by atoms with Crippen molar-refractivity contribution < 1.29 is 19.0 Å². The molecule has 0 aromatic heterocycles. The van der Waals surface area contributed by atoms with Gasteiger partial charge in [-0.1, -0.05) is 0 Å². The van der Waals surface area contributed by atoms with E-state index in [9.17, 15) is 14.3 Å². The Morgan fingerprint density at radius 3 is 2.56 bits per heavy atom. The van der Waals surface area contributed by atoms with Crippen LogP contribution in [-0.4, -0.2) is 16.8 Å². The van der Waals surface area contributed by atoms with E-state index in [1.54, 1.807) is 20.8 Å². The molecule has 4 nitrogen and oxygen atoms in total. The molecule has 1 amide bonds. The zero-order valence-corrected chi connectivity index (χ0v) is 11.0. The van der Waals surface area contributed by atoms with E-state index in [2.05, 4.69) is 5.32 Å². The van der Waals surface area contributed by atoms with Gasteiger partial charge in [-0.2, -0.15) is 0 Å². The van der Waals surface area contributed by atoms with E-state index in [0.29, 0.717) is 5.69 Å². The first-order valence-electron chi connectivity index (χ1n) is 5.66. The number of carbonyl (C=O) groups is 1. The third kappa shape index (κ3) is 4.33. The lowest BCUT2D eigenvalue weighted by molar-refractivity contribution is 0.0636. The van der Waals surface area contributed by atoms with Crippen LogP contribution in [0.1, 0.15) is 39.4 Å². The molecule has 1 atom stereocenters. The Labute approximate surface area is 106 Å². The Balaban J connectivity index is 2.80. The Morgan fingerprint density at radius 1 is 1.44 bits per heavy atom. The van der Waals surface area contributed by atoms with Crippen LogP contribution in [-0.2, 0) is 4.74 Å². The van der Waals surface area contributed by atoms with Crippen molar-refractivity contribution in [2.24, 2.45) is 0 Å². The van der Waals surface area contributed by atoms with Gasteiger partial charge in [-0.25, -0.2) is 9.18 Å². The fourth-order valence-electron chi connectivity index (χ4n) is 1.36. The molecule has 0 radical (unpaired) electrons. The molecule has 0 saturated carbocycles. The molecule has 1 rings (SSSR count). The number of ether oxygens (including phenoxy) is 1. The van der Waals surface area contributed by atoms with E-state index in [-0.39, 0.29) is 5.56 Å². The van der Waals surface area contributed by atoms with E-state index in [4.69, 9.17) is 4.74 Å². The van der Waals surface area contributed by atoms with Gasteiger partial charge in [0.15, 0.2) is 0 Å². The first-order valence-corrected chi connectivity index (χ1v) is 5.66. The normalized spacial score (nSPS) is 13.0. The van der Waals surface area contributed by atoms with Gasteiger partial charge in [-0.05, 0) is 45.9 Å².